The number of ether oxygens (including phenoxy) is 2. The van der Waals surface area contributed by atoms with Gasteiger partial charge in [-0.3, -0.25) is 4.57 Å². The van der Waals surface area contributed by atoms with Gasteiger partial charge in [0.2, 0.25) is 0 Å². The minimum absolute atomic E-state index is 0.145. The molecular weight excluding hydrogens is 541 g/mol. The molecule has 2 aromatic rings. The van der Waals surface area contributed by atoms with Gasteiger partial charge in [0, 0.05) is 13.7 Å². The fraction of sp³-hybridized carbons (Fsp3) is 0.833. The Hall–Kier alpha value is -1.58. The molecule has 11 heteroatoms. The van der Waals surface area contributed by atoms with Crippen molar-refractivity contribution >= 4 is 24.6 Å². The summed E-state index contributed by atoms with van der Waals surface area (Å²) in [6, 6.07) is 0. The van der Waals surface area contributed by atoms with Gasteiger partial charge in [-0.15, -0.1) is 0 Å². The molecule has 2 N–H and O–H groups in total. The summed E-state index contributed by atoms with van der Waals surface area (Å²) >= 11 is 0. The Kier molecular flexibility index (Phi) is 19.1. The van der Waals surface area contributed by atoms with Crippen LogP contribution in [0.1, 0.15) is 117 Å². The third-order valence-corrected chi connectivity index (χ3v) is 8.93. The van der Waals surface area contributed by atoms with Crippen molar-refractivity contribution in [1.82, 2.24) is 19.5 Å². The van der Waals surface area contributed by atoms with Crippen LogP contribution in [0.2, 0.25) is 0 Å². The molecule has 2 heterocycles. The first-order chi connectivity index (χ1) is 20.0. The van der Waals surface area contributed by atoms with Gasteiger partial charge in [-0.1, -0.05) is 103 Å². The van der Waals surface area contributed by atoms with E-state index >= 15 is 0 Å². The molecule has 0 fully saturated rings. The summed E-state index contributed by atoms with van der Waals surface area (Å²) in [5.74, 6) is 0.330. The number of anilines is 1. The zero-order valence-corrected chi connectivity index (χ0v) is 26.8. The molecule has 10 nitrogen and oxygen atoms in total. The van der Waals surface area contributed by atoms with E-state index in [1.54, 1.807) is 6.33 Å². The molecule has 0 aliphatic carbocycles. The molecule has 41 heavy (non-hydrogen) atoms. The van der Waals surface area contributed by atoms with E-state index in [4.69, 9.17) is 24.3 Å². The maximum absolute atomic E-state index is 12.9. The molecular formula is C30H56N5O5P. The number of fused-ring (bicyclic) bond motifs is 1. The van der Waals surface area contributed by atoms with Crippen LogP contribution in [-0.2, 0) is 29.6 Å². The smallest absolute Gasteiger partial charge is 0.355 e. The van der Waals surface area contributed by atoms with Gasteiger partial charge in [0.25, 0.3) is 0 Å². The summed E-state index contributed by atoms with van der Waals surface area (Å²) in [4.78, 5) is 12.4. The van der Waals surface area contributed by atoms with Crippen molar-refractivity contribution < 1.29 is 23.1 Å². The van der Waals surface area contributed by atoms with Gasteiger partial charge in [0.15, 0.2) is 11.5 Å². The Morgan fingerprint density at radius 3 is 2.00 bits per heavy atom. The summed E-state index contributed by atoms with van der Waals surface area (Å²) < 4.78 is 36.8. The summed E-state index contributed by atoms with van der Waals surface area (Å²) in [6.45, 7) is 5.88. The lowest BCUT2D eigenvalue weighted by Crippen LogP contribution is -2.18. The SMILES string of the molecule is CCCCCCCCCCCCCCCCCCOCCOP(=O)(CO[C@H](C)Cn1cnc2c(N)ncnc21)OC. The van der Waals surface area contributed by atoms with Crippen molar-refractivity contribution in [1.29, 1.82) is 0 Å². The number of hydrogen-bond donors (Lipinski definition) is 1. The summed E-state index contributed by atoms with van der Waals surface area (Å²) in [5.41, 5.74) is 7.01. The third kappa shape index (κ3) is 15.5. The second-order valence-electron chi connectivity index (χ2n) is 11.0. The minimum atomic E-state index is -3.37. The molecule has 0 bridgehead atoms. The average molecular weight is 598 g/mol. The first-order valence-corrected chi connectivity index (χ1v) is 17.6. The normalized spacial score (nSPS) is 14.0. The Bertz CT molecular complexity index is 976. The fourth-order valence-electron chi connectivity index (χ4n) is 4.81. The Morgan fingerprint density at radius 1 is 0.829 bits per heavy atom. The molecule has 1 unspecified atom stereocenters. The number of nitrogens with zero attached hydrogens (tertiary/aromatic N) is 4. The lowest BCUT2D eigenvalue weighted by atomic mass is 10.0. The van der Waals surface area contributed by atoms with E-state index in [9.17, 15) is 4.57 Å². The predicted molar refractivity (Wildman–Crippen MR) is 166 cm³/mol. The minimum Gasteiger partial charge on any atom is -0.382 e. The van der Waals surface area contributed by atoms with E-state index in [1.807, 2.05) is 11.5 Å². The highest BCUT2D eigenvalue weighted by atomic mass is 31.2. The lowest BCUT2D eigenvalue weighted by Gasteiger charge is -2.20. The van der Waals surface area contributed by atoms with Crippen LogP contribution in [0.15, 0.2) is 12.7 Å². The van der Waals surface area contributed by atoms with E-state index in [0.717, 1.165) is 6.42 Å². The Morgan fingerprint density at radius 2 is 1.41 bits per heavy atom. The quantitative estimate of drug-likeness (QED) is 0.0808. The van der Waals surface area contributed by atoms with Crippen molar-refractivity contribution in [3.8, 4) is 0 Å². The third-order valence-electron chi connectivity index (χ3n) is 7.34. The van der Waals surface area contributed by atoms with Gasteiger partial charge in [0.1, 0.15) is 18.2 Å². The van der Waals surface area contributed by atoms with Crippen LogP contribution >= 0.6 is 7.60 Å². The van der Waals surface area contributed by atoms with Crippen molar-refractivity contribution in [2.24, 2.45) is 0 Å². The molecule has 2 atom stereocenters. The van der Waals surface area contributed by atoms with Crippen LogP contribution in [0.5, 0.6) is 0 Å². The number of aromatic nitrogens is 4. The number of nitrogen functional groups attached to an aromatic ring is 1. The first kappa shape index (κ1) is 35.6. The fourth-order valence-corrected chi connectivity index (χ4v) is 5.89. The molecule has 2 aromatic heterocycles. The van der Waals surface area contributed by atoms with E-state index in [1.165, 1.54) is 110 Å². The second kappa shape index (κ2) is 22.0. The van der Waals surface area contributed by atoms with Crippen LogP contribution in [0.25, 0.3) is 11.2 Å². The van der Waals surface area contributed by atoms with Gasteiger partial charge >= 0.3 is 7.60 Å². The largest absolute Gasteiger partial charge is 0.382 e. The summed E-state index contributed by atoms with van der Waals surface area (Å²) in [5, 5.41) is 0. The van der Waals surface area contributed by atoms with Gasteiger partial charge in [-0.25, -0.2) is 15.0 Å². The number of hydrogen-bond acceptors (Lipinski definition) is 9. The van der Waals surface area contributed by atoms with Crippen LogP contribution in [-0.4, -0.2) is 58.9 Å². The highest BCUT2D eigenvalue weighted by Crippen LogP contribution is 2.47. The van der Waals surface area contributed by atoms with Gasteiger partial charge in [-0.05, 0) is 13.3 Å². The van der Waals surface area contributed by atoms with E-state index in [2.05, 4.69) is 21.9 Å². The Balaban J connectivity index is 1.40. The van der Waals surface area contributed by atoms with Crippen LogP contribution < -0.4 is 5.73 Å². The predicted octanol–water partition coefficient (Wildman–Crippen LogP) is 7.91. The molecule has 0 amide bonds. The van der Waals surface area contributed by atoms with Gasteiger partial charge in [-0.2, -0.15) is 0 Å². The molecule has 0 radical (unpaired) electrons. The highest BCUT2D eigenvalue weighted by molar-refractivity contribution is 7.53. The number of unbranched alkanes of at least 4 members (excludes halogenated alkanes) is 15. The van der Waals surface area contributed by atoms with E-state index < -0.39 is 7.60 Å². The molecule has 2 rings (SSSR count). The zero-order valence-electron chi connectivity index (χ0n) is 25.9. The number of nitrogens with two attached hydrogens (primary N) is 1. The topological polar surface area (TPSA) is 124 Å². The first-order valence-electron chi connectivity index (χ1n) is 15.9. The Labute approximate surface area is 248 Å². The van der Waals surface area contributed by atoms with Crippen molar-refractivity contribution in [2.75, 3.05) is 39.0 Å². The summed E-state index contributed by atoms with van der Waals surface area (Å²) in [7, 11) is -2.00. The van der Waals surface area contributed by atoms with Crippen LogP contribution in [0.4, 0.5) is 5.82 Å². The molecule has 236 valence electrons. The molecule has 0 saturated carbocycles. The highest BCUT2D eigenvalue weighted by Gasteiger charge is 2.25. The van der Waals surface area contributed by atoms with Gasteiger partial charge < -0.3 is 28.8 Å². The van der Waals surface area contributed by atoms with Crippen LogP contribution in [0, 0.1) is 0 Å². The molecule has 0 spiro atoms. The van der Waals surface area contributed by atoms with Crippen LogP contribution in [0.3, 0.4) is 0 Å². The van der Waals surface area contributed by atoms with Gasteiger partial charge in [0.05, 0.1) is 32.2 Å². The number of imidazole rings is 1. The molecule has 0 aliphatic rings. The maximum atomic E-state index is 12.9. The lowest BCUT2D eigenvalue weighted by molar-refractivity contribution is 0.0577. The summed E-state index contributed by atoms with van der Waals surface area (Å²) in [6.07, 6.45) is 24.2. The molecule has 0 saturated heterocycles. The number of rotatable bonds is 27. The molecule has 0 aromatic carbocycles. The average Bonchev–Trinajstić information content (AvgIpc) is 3.39. The second-order valence-corrected chi connectivity index (χ2v) is 13.1. The van der Waals surface area contributed by atoms with Crippen molar-refractivity contribution in [3.63, 3.8) is 0 Å². The van der Waals surface area contributed by atoms with Crippen molar-refractivity contribution in [3.05, 3.63) is 12.7 Å². The zero-order chi connectivity index (χ0) is 29.6. The maximum Gasteiger partial charge on any atom is 0.355 e. The van der Waals surface area contributed by atoms with Crippen molar-refractivity contribution in [2.45, 2.75) is 129 Å². The standard InChI is InChI=1S/C30H56N5O5P/c1-4-5-6-7-8-9-10-11-12-13-14-15-16-17-18-19-20-38-21-22-40-41(36,37-3)26-39-27(2)23-35-25-34-28-29(31)32-24-33-30(28)35/h24-25,27H,4-23,26H2,1-3H3,(H2,31,32,33)/t27-,41?/m1/s1. The van der Waals surface area contributed by atoms with E-state index in [0.29, 0.717) is 36.7 Å². The molecule has 0 aliphatic heterocycles. The van der Waals surface area contributed by atoms with E-state index in [-0.39, 0.29) is 19.1 Å². The monoisotopic (exact) mass is 597 g/mol.